The lowest BCUT2D eigenvalue weighted by Crippen LogP contribution is -2.28. The van der Waals surface area contributed by atoms with Crippen molar-refractivity contribution in [3.05, 3.63) is 40.6 Å². The molecule has 0 saturated carbocycles. The van der Waals surface area contributed by atoms with Gasteiger partial charge in [-0.2, -0.15) is 0 Å². The lowest BCUT2D eigenvalue weighted by atomic mass is 10.1. The number of rotatable bonds is 4. The second-order valence-corrected chi connectivity index (χ2v) is 4.84. The molecular formula is C14H15N3O3. The highest BCUT2D eigenvalue weighted by Gasteiger charge is 2.22. The van der Waals surface area contributed by atoms with Gasteiger partial charge in [0, 0.05) is 12.2 Å². The van der Waals surface area contributed by atoms with Gasteiger partial charge in [-0.05, 0) is 43.7 Å². The van der Waals surface area contributed by atoms with E-state index in [0.717, 1.165) is 19.4 Å². The molecule has 0 bridgehead atoms. The van der Waals surface area contributed by atoms with Crippen LogP contribution >= 0.6 is 0 Å². The molecule has 1 aromatic heterocycles. The minimum absolute atomic E-state index is 0.00593. The van der Waals surface area contributed by atoms with E-state index in [4.69, 9.17) is 4.74 Å². The second kappa shape index (κ2) is 5.42. The van der Waals surface area contributed by atoms with E-state index < -0.39 is 4.92 Å². The Kier molecular flexibility index (Phi) is 3.47. The van der Waals surface area contributed by atoms with Crippen molar-refractivity contribution in [3.8, 4) is 5.75 Å². The van der Waals surface area contributed by atoms with Crippen molar-refractivity contribution in [1.82, 2.24) is 10.3 Å². The fourth-order valence-corrected chi connectivity index (χ4v) is 2.51. The first-order valence-corrected chi connectivity index (χ1v) is 6.64. The van der Waals surface area contributed by atoms with Crippen LogP contribution in [0.3, 0.4) is 0 Å². The van der Waals surface area contributed by atoms with Gasteiger partial charge in [0.1, 0.15) is 6.61 Å². The summed E-state index contributed by atoms with van der Waals surface area (Å²) in [4.78, 5) is 15.0. The Bertz CT molecular complexity index is 639. The van der Waals surface area contributed by atoms with Gasteiger partial charge in [0.15, 0.2) is 5.75 Å². The number of nitro benzene ring substituents is 1. The largest absolute Gasteiger partial charge is 0.485 e. The summed E-state index contributed by atoms with van der Waals surface area (Å²) >= 11 is 0. The van der Waals surface area contributed by atoms with E-state index in [2.05, 4.69) is 10.3 Å². The molecule has 1 aromatic carbocycles. The maximum atomic E-state index is 11.3. The Labute approximate surface area is 115 Å². The Morgan fingerprint density at radius 1 is 1.45 bits per heavy atom. The van der Waals surface area contributed by atoms with Crippen LogP contribution in [0.1, 0.15) is 12.8 Å². The van der Waals surface area contributed by atoms with Gasteiger partial charge in [-0.25, -0.2) is 0 Å². The number of pyridine rings is 1. The zero-order chi connectivity index (χ0) is 13.9. The van der Waals surface area contributed by atoms with Crippen molar-refractivity contribution >= 4 is 16.6 Å². The summed E-state index contributed by atoms with van der Waals surface area (Å²) in [7, 11) is 0. The van der Waals surface area contributed by atoms with Gasteiger partial charge in [-0.15, -0.1) is 0 Å². The number of hydrogen-bond donors (Lipinski definition) is 1. The van der Waals surface area contributed by atoms with Crippen LogP contribution in [0.4, 0.5) is 5.69 Å². The molecule has 2 aromatic rings. The van der Waals surface area contributed by atoms with Crippen molar-refractivity contribution in [2.75, 3.05) is 13.2 Å². The first kappa shape index (κ1) is 12.8. The summed E-state index contributed by atoms with van der Waals surface area (Å²) in [5, 5.41) is 15.1. The van der Waals surface area contributed by atoms with Crippen LogP contribution in [0.25, 0.3) is 10.9 Å². The highest BCUT2D eigenvalue weighted by molar-refractivity contribution is 5.90. The zero-order valence-corrected chi connectivity index (χ0v) is 10.9. The second-order valence-electron chi connectivity index (χ2n) is 4.84. The number of nitrogens with zero attached hydrogens (tertiary/aromatic N) is 2. The van der Waals surface area contributed by atoms with Gasteiger partial charge >= 0.3 is 5.69 Å². The molecule has 1 fully saturated rings. The first-order valence-electron chi connectivity index (χ1n) is 6.64. The molecular weight excluding hydrogens is 258 g/mol. The molecule has 0 spiro atoms. The predicted octanol–water partition coefficient (Wildman–Crippen LogP) is 2.27. The normalized spacial score (nSPS) is 18.3. The molecule has 1 aliphatic rings. The number of nitro groups is 1. The molecule has 0 amide bonds. The summed E-state index contributed by atoms with van der Waals surface area (Å²) in [5.74, 6) is 0.309. The standard InChI is InChI=1S/C14H15N3O3/c18-17(19)14-11-4-2-8-16-12(11)5-6-13(14)20-9-10-3-1-7-15-10/h2,4-6,8,10,15H,1,3,7,9H2. The maximum absolute atomic E-state index is 11.3. The number of aromatic nitrogens is 1. The summed E-state index contributed by atoms with van der Waals surface area (Å²) in [6, 6.07) is 7.04. The molecule has 6 heteroatoms. The van der Waals surface area contributed by atoms with Crippen LogP contribution in [0.2, 0.25) is 0 Å². The highest BCUT2D eigenvalue weighted by Crippen LogP contribution is 2.34. The minimum Gasteiger partial charge on any atom is -0.485 e. The minimum atomic E-state index is -0.401. The lowest BCUT2D eigenvalue weighted by Gasteiger charge is -2.12. The van der Waals surface area contributed by atoms with Gasteiger partial charge in [0.2, 0.25) is 0 Å². The van der Waals surface area contributed by atoms with E-state index >= 15 is 0 Å². The van der Waals surface area contributed by atoms with Gasteiger partial charge in [-0.3, -0.25) is 15.1 Å². The van der Waals surface area contributed by atoms with E-state index in [1.807, 2.05) is 0 Å². The van der Waals surface area contributed by atoms with Gasteiger partial charge in [0.25, 0.3) is 0 Å². The molecule has 1 N–H and O–H groups in total. The van der Waals surface area contributed by atoms with Crippen LogP contribution < -0.4 is 10.1 Å². The topological polar surface area (TPSA) is 77.3 Å². The Morgan fingerprint density at radius 3 is 3.10 bits per heavy atom. The summed E-state index contributed by atoms with van der Waals surface area (Å²) < 4.78 is 5.66. The summed E-state index contributed by atoms with van der Waals surface area (Å²) in [6.07, 6.45) is 3.79. The van der Waals surface area contributed by atoms with Crippen molar-refractivity contribution in [2.45, 2.75) is 18.9 Å². The molecule has 20 heavy (non-hydrogen) atoms. The third kappa shape index (κ3) is 2.42. The monoisotopic (exact) mass is 273 g/mol. The molecule has 3 rings (SSSR count). The van der Waals surface area contributed by atoms with Gasteiger partial charge in [0.05, 0.1) is 15.8 Å². The van der Waals surface area contributed by atoms with Crippen molar-refractivity contribution in [3.63, 3.8) is 0 Å². The molecule has 2 heterocycles. The molecule has 0 aliphatic carbocycles. The number of benzene rings is 1. The predicted molar refractivity (Wildman–Crippen MR) is 74.9 cm³/mol. The quantitative estimate of drug-likeness (QED) is 0.683. The Balaban J connectivity index is 1.92. The van der Waals surface area contributed by atoms with Gasteiger partial charge in [-0.1, -0.05) is 0 Å². The van der Waals surface area contributed by atoms with Gasteiger partial charge < -0.3 is 10.1 Å². The van der Waals surface area contributed by atoms with E-state index in [-0.39, 0.29) is 11.7 Å². The smallest absolute Gasteiger partial charge is 0.320 e. The maximum Gasteiger partial charge on any atom is 0.320 e. The molecule has 1 atom stereocenters. The van der Waals surface area contributed by atoms with E-state index in [1.165, 1.54) is 0 Å². The Hall–Kier alpha value is -2.21. The van der Waals surface area contributed by atoms with Crippen LogP contribution in [-0.2, 0) is 0 Å². The highest BCUT2D eigenvalue weighted by atomic mass is 16.6. The molecule has 1 saturated heterocycles. The van der Waals surface area contributed by atoms with Crippen LogP contribution in [0, 0.1) is 10.1 Å². The summed E-state index contributed by atoms with van der Waals surface area (Å²) in [5.41, 5.74) is 0.596. The van der Waals surface area contributed by atoms with Crippen LogP contribution in [0.5, 0.6) is 5.75 Å². The molecule has 0 radical (unpaired) electrons. The number of hydrogen-bond acceptors (Lipinski definition) is 5. The zero-order valence-electron chi connectivity index (χ0n) is 10.9. The molecule has 1 aliphatic heterocycles. The van der Waals surface area contributed by atoms with Crippen molar-refractivity contribution in [2.24, 2.45) is 0 Å². The van der Waals surface area contributed by atoms with Crippen LogP contribution in [0.15, 0.2) is 30.5 Å². The van der Waals surface area contributed by atoms with E-state index in [9.17, 15) is 10.1 Å². The fraction of sp³-hybridized carbons (Fsp3) is 0.357. The summed E-state index contributed by atoms with van der Waals surface area (Å²) in [6.45, 7) is 1.43. The lowest BCUT2D eigenvalue weighted by molar-refractivity contribution is -0.384. The van der Waals surface area contributed by atoms with E-state index in [0.29, 0.717) is 23.3 Å². The number of nitrogens with one attached hydrogen (secondary N) is 1. The first-order chi connectivity index (χ1) is 9.75. The Morgan fingerprint density at radius 2 is 2.35 bits per heavy atom. The van der Waals surface area contributed by atoms with E-state index in [1.54, 1.807) is 30.5 Å². The van der Waals surface area contributed by atoms with Crippen molar-refractivity contribution in [1.29, 1.82) is 0 Å². The average molecular weight is 273 g/mol. The molecule has 104 valence electrons. The van der Waals surface area contributed by atoms with Crippen molar-refractivity contribution < 1.29 is 9.66 Å². The van der Waals surface area contributed by atoms with Crippen LogP contribution in [-0.4, -0.2) is 29.1 Å². The third-order valence-electron chi connectivity index (χ3n) is 3.50. The number of fused-ring (bicyclic) bond motifs is 1. The fourth-order valence-electron chi connectivity index (χ4n) is 2.51. The molecule has 1 unspecified atom stereocenters. The number of ether oxygens (including phenoxy) is 1. The average Bonchev–Trinajstić information content (AvgIpc) is 2.97. The third-order valence-corrected chi connectivity index (χ3v) is 3.50. The SMILES string of the molecule is O=[N+]([O-])c1c(OCC2CCCN2)ccc2ncccc12. The molecule has 6 nitrogen and oxygen atoms in total.